The van der Waals surface area contributed by atoms with E-state index in [1.54, 1.807) is 6.20 Å². The average molecular weight is 533 g/mol. The lowest BCUT2D eigenvalue weighted by Crippen LogP contribution is -2.52. The van der Waals surface area contributed by atoms with E-state index in [0.29, 0.717) is 37.4 Å². The molecule has 3 rings (SSSR count). The molecule has 2 heterocycles. The molecule has 1 atom stereocenters. The van der Waals surface area contributed by atoms with Gasteiger partial charge in [0.05, 0.1) is 32.0 Å². The molecule has 1 aromatic rings. The Bertz CT molecular complexity index is 664. The number of pyridine rings is 1. The predicted octanol–water partition coefficient (Wildman–Crippen LogP) is 1.63. The molecular weight excluding hydrogens is 497 g/mol. The molecular formula is C21H36IN5O3. The molecule has 1 saturated carbocycles. The van der Waals surface area contributed by atoms with E-state index < -0.39 is 5.60 Å². The molecule has 0 aromatic carbocycles. The Morgan fingerprint density at radius 3 is 2.83 bits per heavy atom. The van der Waals surface area contributed by atoms with Gasteiger partial charge in [0.2, 0.25) is 5.88 Å². The van der Waals surface area contributed by atoms with Crippen LogP contribution in [-0.2, 0) is 11.3 Å². The lowest BCUT2D eigenvalue weighted by Gasteiger charge is -2.34. The van der Waals surface area contributed by atoms with Crippen LogP contribution in [0.1, 0.15) is 32.3 Å². The highest BCUT2D eigenvalue weighted by Gasteiger charge is 2.25. The standard InChI is InChI=1S/C21H35N5O3.HI/c1-3-22-20(25-15-21(2,27)16-26-8-10-28-11-9-26)24-13-18-6-7-23-19(12-18)29-14-17-4-5-17;/h6-7,12,17,27H,3-5,8-11,13-16H2,1-2H3,(H2,22,24,25);1H. The first-order valence-corrected chi connectivity index (χ1v) is 10.7. The molecule has 1 aliphatic heterocycles. The maximum atomic E-state index is 10.8. The Kier molecular flexibility index (Phi) is 10.6. The fourth-order valence-corrected chi connectivity index (χ4v) is 3.20. The number of aliphatic imine (C=N–C) groups is 1. The fraction of sp³-hybridized carbons (Fsp3) is 0.714. The van der Waals surface area contributed by atoms with Gasteiger partial charge in [-0.2, -0.15) is 0 Å². The molecule has 2 aliphatic rings. The number of morpholine rings is 1. The summed E-state index contributed by atoms with van der Waals surface area (Å²) in [6.07, 6.45) is 4.29. The lowest BCUT2D eigenvalue weighted by atomic mass is 10.1. The van der Waals surface area contributed by atoms with Gasteiger partial charge in [-0.15, -0.1) is 24.0 Å². The maximum Gasteiger partial charge on any atom is 0.213 e. The van der Waals surface area contributed by atoms with Crippen molar-refractivity contribution in [2.45, 2.75) is 38.8 Å². The normalized spacial score (nSPS) is 19.5. The molecule has 30 heavy (non-hydrogen) atoms. The summed E-state index contributed by atoms with van der Waals surface area (Å²) in [5, 5.41) is 17.3. The van der Waals surface area contributed by atoms with Crippen molar-refractivity contribution in [3.8, 4) is 5.88 Å². The monoisotopic (exact) mass is 533 g/mol. The quantitative estimate of drug-likeness (QED) is 0.239. The van der Waals surface area contributed by atoms with Crippen molar-refractivity contribution < 1.29 is 14.6 Å². The van der Waals surface area contributed by atoms with Crippen LogP contribution in [0.15, 0.2) is 23.3 Å². The minimum atomic E-state index is -0.853. The summed E-state index contributed by atoms with van der Waals surface area (Å²) in [5.41, 5.74) is 0.191. The molecule has 1 aromatic heterocycles. The van der Waals surface area contributed by atoms with Gasteiger partial charge in [0.1, 0.15) is 0 Å². The minimum absolute atomic E-state index is 0. The first-order chi connectivity index (χ1) is 14.0. The van der Waals surface area contributed by atoms with Crippen LogP contribution in [0.2, 0.25) is 0 Å². The number of nitrogens with one attached hydrogen (secondary N) is 2. The highest BCUT2D eigenvalue weighted by molar-refractivity contribution is 14.0. The molecule has 9 heteroatoms. The zero-order valence-electron chi connectivity index (χ0n) is 18.1. The van der Waals surface area contributed by atoms with E-state index in [2.05, 4.69) is 25.5 Å². The molecule has 1 saturated heterocycles. The molecule has 0 spiro atoms. The van der Waals surface area contributed by atoms with E-state index in [1.165, 1.54) is 12.8 Å². The number of hydrogen-bond acceptors (Lipinski definition) is 6. The van der Waals surface area contributed by atoms with Gasteiger partial charge in [-0.1, -0.05) is 0 Å². The molecule has 0 amide bonds. The van der Waals surface area contributed by atoms with Crippen molar-refractivity contribution in [3.63, 3.8) is 0 Å². The lowest BCUT2D eigenvalue weighted by molar-refractivity contribution is -0.0201. The Labute approximate surface area is 196 Å². The second-order valence-electron chi connectivity index (χ2n) is 8.19. The number of β-amino-alcohol motifs (C(OH)–C–C–N with tert-alkyl or cyclic N) is 1. The van der Waals surface area contributed by atoms with Gasteiger partial charge in [-0.05, 0) is 44.2 Å². The van der Waals surface area contributed by atoms with Crippen LogP contribution in [0.4, 0.5) is 0 Å². The van der Waals surface area contributed by atoms with Crippen LogP contribution in [-0.4, -0.2) is 79.1 Å². The van der Waals surface area contributed by atoms with Gasteiger partial charge in [0, 0.05) is 45.0 Å². The number of aliphatic hydroxyl groups is 1. The van der Waals surface area contributed by atoms with Crippen LogP contribution in [0, 0.1) is 5.92 Å². The number of rotatable bonds is 10. The summed E-state index contributed by atoms with van der Waals surface area (Å²) < 4.78 is 11.1. The zero-order valence-corrected chi connectivity index (χ0v) is 20.4. The molecule has 170 valence electrons. The second-order valence-corrected chi connectivity index (χ2v) is 8.19. The van der Waals surface area contributed by atoms with E-state index in [4.69, 9.17) is 9.47 Å². The first kappa shape index (κ1) is 25.1. The average Bonchev–Trinajstić information content (AvgIpc) is 3.54. The Hall–Kier alpha value is -1.17. The second kappa shape index (κ2) is 12.6. The van der Waals surface area contributed by atoms with E-state index >= 15 is 0 Å². The third-order valence-electron chi connectivity index (χ3n) is 5.03. The van der Waals surface area contributed by atoms with Crippen molar-refractivity contribution in [2.24, 2.45) is 10.9 Å². The van der Waals surface area contributed by atoms with Gasteiger partial charge in [0.15, 0.2) is 5.96 Å². The van der Waals surface area contributed by atoms with Crippen LogP contribution in [0.3, 0.4) is 0 Å². The molecule has 1 unspecified atom stereocenters. The van der Waals surface area contributed by atoms with E-state index in [1.807, 2.05) is 26.0 Å². The molecule has 8 nitrogen and oxygen atoms in total. The minimum Gasteiger partial charge on any atom is -0.477 e. The summed E-state index contributed by atoms with van der Waals surface area (Å²) in [6.45, 7) is 10.1. The van der Waals surface area contributed by atoms with Gasteiger partial charge >= 0.3 is 0 Å². The number of aromatic nitrogens is 1. The number of guanidine groups is 1. The van der Waals surface area contributed by atoms with E-state index in [0.717, 1.165) is 45.0 Å². The molecule has 2 fully saturated rings. The highest BCUT2D eigenvalue weighted by Crippen LogP contribution is 2.29. The summed E-state index contributed by atoms with van der Waals surface area (Å²) >= 11 is 0. The summed E-state index contributed by atoms with van der Waals surface area (Å²) in [5.74, 6) is 2.05. The SMILES string of the molecule is CCNC(=NCc1ccnc(OCC2CC2)c1)NCC(C)(O)CN1CCOCC1.I. The molecule has 1 aliphatic carbocycles. The maximum absolute atomic E-state index is 10.8. The molecule has 3 N–H and O–H groups in total. The number of ether oxygens (including phenoxy) is 2. The number of halogens is 1. The number of nitrogens with zero attached hydrogens (tertiary/aromatic N) is 3. The highest BCUT2D eigenvalue weighted by atomic mass is 127. The summed E-state index contributed by atoms with van der Waals surface area (Å²) in [4.78, 5) is 11.2. The van der Waals surface area contributed by atoms with Crippen LogP contribution in [0.5, 0.6) is 5.88 Å². The topological polar surface area (TPSA) is 91.2 Å². The third kappa shape index (κ3) is 9.32. The van der Waals surface area contributed by atoms with Crippen LogP contribution in [0.25, 0.3) is 0 Å². The number of hydrogen-bond donors (Lipinski definition) is 3. The van der Waals surface area contributed by atoms with Crippen molar-refractivity contribution in [2.75, 3.05) is 52.5 Å². The van der Waals surface area contributed by atoms with Crippen LogP contribution < -0.4 is 15.4 Å². The third-order valence-corrected chi connectivity index (χ3v) is 5.03. The van der Waals surface area contributed by atoms with Gasteiger partial charge in [-0.25, -0.2) is 9.98 Å². The predicted molar refractivity (Wildman–Crippen MR) is 129 cm³/mol. The zero-order chi connectivity index (χ0) is 20.5. The van der Waals surface area contributed by atoms with E-state index in [9.17, 15) is 5.11 Å². The van der Waals surface area contributed by atoms with Gasteiger partial charge in [-0.3, -0.25) is 4.90 Å². The molecule has 0 bridgehead atoms. The van der Waals surface area contributed by atoms with Gasteiger partial charge < -0.3 is 25.2 Å². The van der Waals surface area contributed by atoms with Gasteiger partial charge in [0.25, 0.3) is 0 Å². The Morgan fingerprint density at radius 1 is 1.37 bits per heavy atom. The van der Waals surface area contributed by atoms with Crippen LogP contribution >= 0.6 is 24.0 Å². The Morgan fingerprint density at radius 2 is 2.13 bits per heavy atom. The fourth-order valence-electron chi connectivity index (χ4n) is 3.20. The summed E-state index contributed by atoms with van der Waals surface area (Å²) in [7, 11) is 0. The first-order valence-electron chi connectivity index (χ1n) is 10.7. The largest absolute Gasteiger partial charge is 0.477 e. The Balaban J connectivity index is 0.00000320. The van der Waals surface area contributed by atoms with Crippen molar-refractivity contribution in [3.05, 3.63) is 23.9 Å². The van der Waals surface area contributed by atoms with Crippen molar-refractivity contribution in [1.29, 1.82) is 0 Å². The van der Waals surface area contributed by atoms with Crippen molar-refractivity contribution in [1.82, 2.24) is 20.5 Å². The summed E-state index contributed by atoms with van der Waals surface area (Å²) in [6, 6.07) is 3.90. The van der Waals surface area contributed by atoms with Crippen molar-refractivity contribution >= 4 is 29.9 Å². The smallest absolute Gasteiger partial charge is 0.213 e. The molecule has 0 radical (unpaired) electrons. The van der Waals surface area contributed by atoms with E-state index in [-0.39, 0.29) is 24.0 Å².